The first-order valence-corrected chi connectivity index (χ1v) is 7.93. The monoisotopic (exact) mass is 220 g/mol. The predicted octanol–water partition coefficient (Wildman–Crippen LogP) is 5.17. The molecule has 0 aromatic heterocycles. The second-order valence-corrected chi connectivity index (χ2v) is 6.77. The van der Waals surface area contributed by atoms with Gasteiger partial charge in [0.1, 0.15) is 0 Å². The molecule has 3 aliphatic carbocycles. The minimum absolute atomic E-state index is 1.13. The van der Waals surface area contributed by atoms with Gasteiger partial charge in [0.05, 0.1) is 0 Å². The highest BCUT2D eigenvalue weighted by Crippen LogP contribution is 2.48. The fraction of sp³-hybridized carbons (Fsp3) is 1.00. The molecule has 0 saturated heterocycles. The molecule has 0 bridgehead atoms. The molecule has 3 aliphatic rings. The Hall–Kier alpha value is 0. The molecule has 0 aromatic rings. The Morgan fingerprint density at radius 2 is 1.38 bits per heavy atom. The van der Waals surface area contributed by atoms with E-state index >= 15 is 0 Å². The summed E-state index contributed by atoms with van der Waals surface area (Å²) in [5.74, 6) is 4.59. The topological polar surface area (TPSA) is 0 Å². The van der Waals surface area contributed by atoms with Crippen molar-refractivity contribution in [2.24, 2.45) is 23.7 Å². The van der Waals surface area contributed by atoms with Gasteiger partial charge in [-0.05, 0) is 49.4 Å². The Labute approximate surface area is 101 Å². The van der Waals surface area contributed by atoms with Crippen molar-refractivity contribution in [3.63, 3.8) is 0 Å². The van der Waals surface area contributed by atoms with Gasteiger partial charge in [0, 0.05) is 0 Å². The van der Waals surface area contributed by atoms with Crippen LogP contribution in [0.15, 0.2) is 0 Å². The molecule has 0 aliphatic heterocycles. The molecule has 3 atom stereocenters. The Bertz CT molecular complexity index is 214. The summed E-state index contributed by atoms with van der Waals surface area (Å²) < 4.78 is 0. The number of hydrogen-bond acceptors (Lipinski definition) is 0. The number of fused-ring (bicyclic) bond motifs is 1. The van der Waals surface area contributed by atoms with Crippen molar-refractivity contribution in [2.45, 2.75) is 77.0 Å². The summed E-state index contributed by atoms with van der Waals surface area (Å²) in [6, 6.07) is 0. The van der Waals surface area contributed by atoms with Crippen molar-refractivity contribution in [3.8, 4) is 0 Å². The first kappa shape index (κ1) is 11.1. The average molecular weight is 220 g/mol. The lowest BCUT2D eigenvalue weighted by Crippen LogP contribution is -2.19. The first-order chi connectivity index (χ1) is 7.93. The van der Waals surface area contributed by atoms with Crippen LogP contribution in [0.1, 0.15) is 77.0 Å². The van der Waals surface area contributed by atoms with Crippen LogP contribution in [0.5, 0.6) is 0 Å². The molecule has 16 heavy (non-hydrogen) atoms. The van der Waals surface area contributed by atoms with Gasteiger partial charge in [-0.3, -0.25) is 0 Å². The first-order valence-electron chi connectivity index (χ1n) is 7.93. The summed E-state index contributed by atoms with van der Waals surface area (Å²) >= 11 is 0. The fourth-order valence-corrected chi connectivity index (χ4v) is 4.96. The van der Waals surface area contributed by atoms with Crippen LogP contribution in [0, 0.1) is 23.7 Å². The normalized spacial score (nSPS) is 40.1. The molecule has 0 heteroatoms. The van der Waals surface area contributed by atoms with Gasteiger partial charge in [-0.25, -0.2) is 0 Å². The Morgan fingerprint density at radius 3 is 2.25 bits per heavy atom. The van der Waals surface area contributed by atoms with Gasteiger partial charge in [0.15, 0.2) is 0 Å². The van der Waals surface area contributed by atoms with Crippen molar-refractivity contribution < 1.29 is 0 Å². The minimum Gasteiger partial charge on any atom is -0.0530 e. The lowest BCUT2D eigenvalue weighted by molar-refractivity contribution is 0.213. The molecule has 3 fully saturated rings. The van der Waals surface area contributed by atoms with Gasteiger partial charge in [0.2, 0.25) is 0 Å². The van der Waals surface area contributed by atoms with Crippen molar-refractivity contribution >= 4 is 0 Å². The lowest BCUT2D eigenvalue weighted by atomic mass is 9.76. The van der Waals surface area contributed by atoms with Crippen molar-refractivity contribution in [2.75, 3.05) is 0 Å². The Morgan fingerprint density at radius 1 is 0.625 bits per heavy atom. The van der Waals surface area contributed by atoms with Gasteiger partial charge in [-0.1, -0.05) is 51.4 Å². The molecule has 0 radical (unpaired) electrons. The number of rotatable bonds is 3. The van der Waals surface area contributed by atoms with Gasteiger partial charge in [-0.15, -0.1) is 0 Å². The largest absolute Gasteiger partial charge is 0.0530 e. The molecule has 3 unspecified atom stereocenters. The highest BCUT2D eigenvalue weighted by atomic mass is 14.4. The van der Waals surface area contributed by atoms with E-state index in [9.17, 15) is 0 Å². The second-order valence-electron chi connectivity index (χ2n) is 6.77. The lowest BCUT2D eigenvalue weighted by Gasteiger charge is -2.29. The molecule has 92 valence electrons. The third-order valence-corrected chi connectivity index (χ3v) is 5.90. The summed E-state index contributed by atoms with van der Waals surface area (Å²) in [6.07, 6.45) is 18.7. The van der Waals surface area contributed by atoms with E-state index < -0.39 is 0 Å². The SMILES string of the molecule is C1CCC(CCC2CCC3CCCCC32)C1. The summed E-state index contributed by atoms with van der Waals surface area (Å²) in [4.78, 5) is 0. The van der Waals surface area contributed by atoms with Crippen molar-refractivity contribution in [1.82, 2.24) is 0 Å². The van der Waals surface area contributed by atoms with E-state index in [0.717, 1.165) is 23.7 Å². The zero-order valence-electron chi connectivity index (χ0n) is 10.8. The molecule has 0 nitrogen and oxygen atoms in total. The van der Waals surface area contributed by atoms with Crippen LogP contribution in [-0.2, 0) is 0 Å². The summed E-state index contributed by atoms with van der Waals surface area (Å²) in [6.45, 7) is 0. The number of hydrogen-bond donors (Lipinski definition) is 0. The van der Waals surface area contributed by atoms with Crippen LogP contribution in [0.3, 0.4) is 0 Å². The Kier molecular flexibility index (Phi) is 3.54. The molecular formula is C16H28. The van der Waals surface area contributed by atoms with E-state index in [1.165, 1.54) is 19.3 Å². The smallest absolute Gasteiger partial charge is 0.0357 e. The van der Waals surface area contributed by atoms with Gasteiger partial charge in [0.25, 0.3) is 0 Å². The van der Waals surface area contributed by atoms with E-state index in [-0.39, 0.29) is 0 Å². The zero-order valence-corrected chi connectivity index (χ0v) is 10.8. The van der Waals surface area contributed by atoms with E-state index in [1.54, 1.807) is 57.8 Å². The maximum absolute atomic E-state index is 1.59. The summed E-state index contributed by atoms with van der Waals surface area (Å²) in [5.41, 5.74) is 0. The Balaban J connectivity index is 1.47. The van der Waals surface area contributed by atoms with Gasteiger partial charge >= 0.3 is 0 Å². The van der Waals surface area contributed by atoms with Gasteiger partial charge in [-0.2, -0.15) is 0 Å². The molecule has 0 spiro atoms. The zero-order chi connectivity index (χ0) is 10.8. The third-order valence-electron chi connectivity index (χ3n) is 5.90. The van der Waals surface area contributed by atoms with E-state index in [4.69, 9.17) is 0 Å². The van der Waals surface area contributed by atoms with Crippen molar-refractivity contribution in [3.05, 3.63) is 0 Å². The second kappa shape index (κ2) is 5.10. The summed E-state index contributed by atoms with van der Waals surface area (Å²) in [5, 5.41) is 0. The molecule has 3 rings (SSSR count). The summed E-state index contributed by atoms with van der Waals surface area (Å²) in [7, 11) is 0. The van der Waals surface area contributed by atoms with Crippen LogP contribution in [-0.4, -0.2) is 0 Å². The van der Waals surface area contributed by atoms with E-state index in [0.29, 0.717) is 0 Å². The molecule has 0 aromatic carbocycles. The maximum Gasteiger partial charge on any atom is -0.0357 e. The van der Waals surface area contributed by atoms with Crippen LogP contribution in [0.4, 0.5) is 0 Å². The van der Waals surface area contributed by atoms with E-state index in [1.807, 2.05) is 0 Å². The highest BCUT2D eigenvalue weighted by molar-refractivity contribution is 4.87. The van der Waals surface area contributed by atoms with Crippen LogP contribution < -0.4 is 0 Å². The average Bonchev–Trinajstić information content (AvgIpc) is 2.96. The standard InChI is InChI=1S/C16H28/c1-2-6-13(5-1)9-10-15-12-11-14-7-3-4-8-16(14)15/h13-16H,1-12H2. The predicted molar refractivity (Wildman–Crippen MR) is 69.4 cm³/mol. The maximum atomic E-state index is 1.59. The highest BCUT2D eigenvalue weighted by Gasteiger charge is 2.37. The van der Waals surface area contributed by atoms with Gasteiger partial charge < -0.3 is 0 Å². The fourth-order valence-electron chi connectivity index (χ4n) is 4.96. The van der Waals surface area contributed by atoms with Crippen molar-refractivity contribution in [1.29, 1.82) is 0 Å². The third kappa shape index (κ3) is 2.31. The van der Waals surface area contributed by atoms with Crippen LogP contribution in [0.2, 0.25) is 0 Å². The minimum atomic E-state index is 1.13. The van der Waals surface area contributed by atoms with E-state index in [2.05, 4.69) is 0 Å². The molecule has 0 amide bonds. The molecular weight excluding hydrogens is 192 g/mol. The molecule has 3 saturated carbocycles. The molecule has 0 heterocycles. The molecule has 0 N–H and O–H groups in total. The van der Waals surface area contributed by atoms with Crippen LogP contribution >= 0.6 is 0 Å². The quantitative estimate of drug-likeness (QED) is 0.615. The van der Waals surface area contributed by atoms with Crippen LogP contribution in [0.25, 0.3) is 0 Å².